The number of aromatic nitrogens is 2. The maximum absolute atomic E-state index is 13.0. The number of likely N-dealkylation sites (N-methyl/N-ethyl adjacent to an activating group) is 1. The lowest BCUT2D eigenvalue weighted by Crippen LogP contribution is -2.35. The molecule has 1 unspecified atom stereocenters. The van der Waals surface area contributed by atoms with Gasteiger partial charge in [0.2, 0.25) is 0 Å². The number of rotatable bonds is 5. The van der Waals surface area contributed by atoms with E-state index in [4.69, 9.17) is 10.2 Å². The predicted octanol–water partition coefficient (Wildman–Crippen LogP) is 1.87. The van der Waals surface area contributed by atoms with Crippen LogP contribution in [0.15, 0.2) is 65.6 Å². The van der Waals surface area contributed by atoms with Crippen molar-refractivity contribution < 1.29 is 9.59 Å². The van der Waals surface area contributed by atoms with Crippen molar-refractivity contribution in [3.05, 3.63) is 71.5 Å². The van der Waals surface area contributed by atoms with Crippen LogP contribution < -0.4 is 16.1 Å². The zero-order chi connectivity index (χ0) is 23.4. The van der Waals surface area contributed by atoms with E-state index in [0.717, 1.165) is 17.1 Å². The monoisotopic (exact) mass is 443 g/mol. The van der Waals surface area contributed by atoms with Gasteiger partial charge in [0.15, 0.2) is 0 Å². The third-order valence-corrected chi connectivity index (χ3v) is 5.57. The second-order valence-corrected chi connectivity index (χ2v) is 7.89. The van der Waals surface area contributed by atoms with Gasteiger partial charge in [-0.25, -0.2) is 10.4 Å². The van der Waals surface area contributed by atoms with Crippen molar-refractivity contribution in [2.75, 3.05) is 20.1 Å². The first kappa shape index (κ1) is 22.0. The smallest absolute Gasteiger partial charge is 0.273 e. The fraction of sp³-hybridized carbons (Fsp3) is 0.250. The number of allylic oxidation sites excluding steroid dienone is 2. The quantitative estimate of drug-likeness (QED) is 0.608. The van der Waals surface area contributed by atoms with Crippen LogP contribution in [0.5, 0.6) is 0 Å². The largest absolute Gasteiger partial charge is 0.339 e. The second kappa shape index (κ2) is 9.54. The van der Waals surface area contributed by atoms with Crippen molar-refractivity contribution in [3.8, 4) is 17.3 Å². The van der Waals surface area contributed by atoms with Crippen molar-refractivity contribution in [2.24, 2.45) is 0 Å². The van der Waals surface area contributed by atoms with E-state index in [1.165, 1.54) is 5.01 Å². The number of hydrazine groups is 1. The summed E-state index contributed by atoms with van der Waals surface area (Å²) in [6.45, 7) is 2.19. The van der Waals surface area contributed by atoms with E-state index in [9.17, 15) is 9.59 Å². The van der Waals surface area contributed by atoms with Crippen LogP contribution in [-0.4, -0.2) is 46.5 Å². The average molecular weight is 444 g/mol. The number of fused-ring (bicyclic) bond motifs is 1. The Labute approximate surface area is 192 Å². The Balaban J connectivity index is 1.55. The fourth-order valence-corrected chi connectivity index (χ4v) is 3.83. The van der Waals surface area contributed by atoms with E-state index in [2.05, 4.69) is 23.0 Å². The summed E-state index contributed by atoms with van der Waals surface area (Å²) < 4.78 is 1.98. The molecule has 1 atom stereocenters. The molecule has 3 N–H and O–H groups in total. The molecular weight excluding hydrogens is 418 g/mol. The Hall–Kier alpha value is -4.16. The Morgan fingerprint density at radius 3 is 2.82 bits per heavy atom. The molecule has 2 aliphatic heterocycles. The first-order chi connectivity index (χ1) is 16.0. The number of hydrogen-bond donors (Lipinski definition) is 3. The summed E-state index contributed by atoms with van der Waals surface area (Å²) >= 11 is 0. The van der Waals surface area contributed by atoms with E-state index in [-0.39, 0.29) is 24.7 Å². The second-order valence-electron chi connectivity index (χ2n) is 7.89. The molecular formula is C24H25N7O2. The number of amides is 2. The highest BCUT2D eigenvalue weighted by Gasteiger charge is 2.30. The molecule has 4 rings (SSSR count). The molecule has 3 heterocycles. The van der Waals surface area contributed by atoms with Crippen molar-refractivity contribution >= 4 is 18.0 Å². The number of imidazole rings is 1. The number of nitriles is 1. The molecule has 33 heavy (non-hydrogen) atoms. The molecule has 0 saturated carbocycles. The van der Waals surface area contributed by atoms with Gasteiger partial charge in [-0.05, 0) is 12.5 Å². The van der Waals surface area contributed by atoms with Gasteiger partial charge < -0.3 is 20.2 Å². The van der Waals surface area contributed by atoms with E-state index in [1.807, 2.05) is 65.5 Å². The molecule has 9 nitrogen and oxygen atoms in total. The van der Waals surface area contributed by atoms with E-state index < -0.39 is 11.8 Å². The normalized spacial score (nSPS) is 17.5. The standard InChI is InChI=1S/C24H25N7O2/c1-16-8-9-18(10-13-31-15-20(29-22(16)31)17-6-4-3-5-7-17)28-24(33)21-19(14-27-30(21)2)23(32)26-12-11-25/h3-7,9-10,13,15-16,27H,8,12,14H2,1-2H3,(H,26,32)(H,28,33). The molecule has 2 amide bonds. The molecule has 2 aromatic rings. The zero-order valence-electron chi connectivity index (χ0n) is 18.5. The highest BCUT2D eigenvalue weighted by molar-refractivity contribution is 6.05. The van der Waals surface area contributed by atoms with Crippen molar-refractivity contribution in [3.63, 3.8) is 0 Å². The number of nitrogens with zero attached hydrogens (tertiary/aromatic N) is 4. The molecule has 0 fully saturated rings. The average Bonchev–Trinajstić information content (AvgIpc) is 3.42. The molecule has 9 heteroatoms. The lowest BCUT2D eigenvalue weighted by atomic mass is 10.1. The molecule has 0 saturated heterocycles. The fourth-order valence-electron chi connectivity index (χ4n) is 3.83. The minimum absolute atomic E-state index is 0.120. The lowest BCUT2D eigenvalue weighted by molar-refractivity contribution is -0.120. The summed E-state index contributed by atoms with van der Waals surface area (Å²) in [6.07, 6.45) is 8.33. The summed E-state index contributed by atoms with van der Waals surface area (Å²) in [5.41, 5.74) is 6.05. The van der Waals surface area contributed by atoms with Crippen molar-refractivity contribution in [1.82, 2.24) is 30.6 Å². The molecule has 0 spiro atoms. The van der Waals surface area contributed by atoms with Gasteiger partial charge in [0.1, 0.15) is 18.1 Å². The summed E-state index contributed by atoms with van der Waals surface area (Å²) in [6, 6.07) is 11.9. The minimum Gasteiger partial charge on any atom is -0.339 e. The first-order valence-corrected chi connectivity index (χ1v) is 10.7. The lowest BCUT2D eigenvalue weighted by Gasteiger charge is -2.18. The molecule has 0 bridgehead atoms. The molecule has 168 valence electrons. The Kier molecular flexibility index (Phi) is 6.38. The van der Waals surface area contributed by atoms with Gasteiger partial charge >= 0.3 is 0 Å². The van der Waals surface area contributed by atoms with E-state index in [1.54, 1.807) is 7.05 Å². The number of benzene rings is 1. The van der Waals surface area contributed by atoms with Crippen molar-refractivity contribution in [2.45, 2.75) is 19.3 Å². The van der Waals surface area contributed by atoms with Gasteiger partial charge in [-0.3, -0.25) is 9.59 Å². The van der Waals surface area contributed by atoms with Crippen LogP contribution >= 0.6 is 0 Å². The minimum atomic E-state index is -0.439. The summed E-state index contributed by atoms with van der Waals surface area (Å²) in [5, 5.41) is 15.6. The van der Waals surface area contributed by atoms with Crippen LogP contribution in [0.3, 0.4) is 0 Å². The molecule has 1 aromatic heterocycles. The summed E-state index contributed by atoms with van der Waals surface area (Å²) in [4.78, 5) is 30.2. The first-order valence-electron chi connectivity index (χ1n) is 10.7. The predicted molar refractivity (Wildman–Crippen MR) is 124 cm³/mol. The van der Waals surface area contributed by atoms with Crippen LogP contribution in [0.1, 0.15) is 25.1 Å². The van der Waals surface area contributed by atoms with E-state index >= 15 is 0 Å². The summed E-state index contributed by atoms with van der Waals surface area (Å²) in [7, 11) is 1.67. The molecule has 0 aliphatic carbocycles. The van der Waals surface area contributed by atoms with Gasteiger partial charge in [-0.15, -0.1) is 0 Å². The molecule has 2 aliphatic rings. The van der Waals surface area contributed by atoms with Gasteiger partial charge in [0.05, 0.1) is 17.3 Å². The number of carbonyl (C=O) groups excluding carboxylic acids is 2. The van der Waals surface area contributed by atoms with Crippen LogP contribution in [0.2, 0.25) is 0 Å². The topological polar surface area (TPSA) is 115 Å². The zero-order valence-corrected chi connectivity index (χ0v) is 18.5. The maximum atomic E-state index is 13.0. The third-order valence-electron chi connectivity index (χ3n) is 5.57. The van der Waals surface area contributed by atoms with Gasteiger partial charge in [-0.1, -0.05) is 43.3 Å². The SMILES string of the molecule is CC1CC=C(NC(=O)C2=C(C(=O)NCC#N)CNN2C)C=Cn2cc(-c3ccccc3)nc21. The number of carbonyl (C=O) groups is 2. The van der Waals surface area contributed by atoms with Crippen LogP contribution in [0.25, 0.3) is 17.5 Å². The van der Waals surface area contributed by atoms with Gasteiger partial charge in [0, 0.05) is 43.2 Å². The molecule has 1 aromatic carbocycles. The highest BCUT2D eigenvalue weighted by Crippen LogP contribution is 2.27. The maximum Gasteiger partial charge on any atom is 0.273 e. The van der Waals surface area contributed by atoms with E-state index in [0.29, 0.717) is 17.7 Å². The molecule has 0 radical (unpaired) electrons. The van der Waals surface area contributed by atoms with Crippen LogP contribution in [-0.2, 0) is 9.59 Å². The number of nitrogens with one attached hydrogen (secondary N) is 3. The number of hydrogen-bond acceptors (Lipinski definition) is 6. The Morgan fingerprint density at radius 2 is 2.06 bits per heavy atom. The highest BCUT2D eigenvalue weighted by atomic mass is 16.2. The van der Waals surface area contributed by atoms with Crippen LogP contribution in [0.4, 0.5) is 0 Å². The van der Waals surface area contributed by atoms with Crippen molar-refractivity contribution in [1.29, 1.82) is 5.26 Å². The van der Waals surface area contributed by atoms with Gasteiger partial charge in [-0.2, -0.15) is 5.26 Å². The third kappa shape index (κ3) is 4.71. The Bertz CT molecular complexity index is 1200. The van der Waals surface area contributed by atoms with Crippen LogP contribution in [0, 0.1) is 11.3 Å². The summed E-state index contributed by atoms with van der Waals surface area (Å²) in [5.74, 6) is 0.253. The Morgan fingerprint density at radius 1 is 1.27 bits per heavy atom. The van der Waals surface area contributed by atoms with Gasteiger partial charge in [0.25, 0.3) is 11.8 Å².